The van der Waals surface area contributed by atoms with Crippen LogP contribution >= 0.6 is 46.4 Å². The van der Waals surface area contributed by atoms with Gasteiger partial charge in [0.25, 0.3) is 11.8 Å². The van der Waals surface area contributed by atoms with Crippen LogP contribution in [0.15, 0.2) is 35.3 Å². The number of aliphatic imine (C=N–C) groups is 1. The smallest absolute Gasteiger partial charge is 0.253 e. The third-order valence-corrected chi connectivity index (χ3v) is 8.91. The SMILES string of the molecule is CCCCCCCCCCCCCCCCCCNC(=O)c1ccc(Cl)c(N=C2CC(=O)N(c3c(Cl)cc(Cl)cc3Cl)N2)c1. The Bertz CT molecular complexity index is 1230. The van der Waals surface area contributed by atoms with Gasteiger partial charge in [0.2, 0.25) is 0 Å². The molecule has 0 radical (unpaired) electrons. The third-order valence-electron chi connectivity index (χ3n) is 7.79. The molecule has 2 N–H and O–H groups in total. The number of amides is 2. The van der Waals surface area contributed by atoms with Crippen LogP contribution in [0, 0.1) is 0 Å². The number of carbonyl (C=O) groups excluding carboxylic acids is 2. The molecule has 1 heterocycles. The van der Waals surface area contributed by atoms with Crippen LogP contribution in [0.2, 0.25) is 20.1 Å². The first-order chi connectivity index (χ1) is 21.3. The minimum Gasteiger partial charge on any atom is -0.352 e. The molecule has 1 aliphatic heterocycles. The Labute approximate surface area is 283 Å². The Hall–Kier alpha value is -1.99. The van der Waals surface area contributed by atoms with Gasteiger partial charge in [-0.05, 0) is 36.8 Å². The summed E-state index contributed by atoms with van der Waals surface area (Å²) in [5.74, 6) is -0.121. The molecule has 2 aromatic carbocycles. The summed E-state index contributed by atoms with van der Waals surface area (Å²) >= 11 is 24.9. The van der Waals surface area contributed by atoms with Crippen molar-refractivity contribution < 1.29 is 9.59 Å². The number of halogens is 4. The summed E-state index contributed by atoms with van der Waals surface area (Å²) in [5.41, 5.74) is 4.06. The average Bonchev–Trinajstić information content (AvgIpc) is 3.34. The van der Waals surface area contributed by atoms with Crippen molar-refractivity contribution in [3.63, 3.8) is 0 Å². The summed E-state index contributed by atoms with van der Waals surface area (Å²) in [6.07, 6.45) is 21.0. The molecule has 1 aliphatic rings. The van der Waals surface area contributed by atoms with Crippen LogP contribution in [0.3, 0.4) is 0 Å². The van der Waals surface area contributed by atoms with E-state index in [1.165, 1.54) is 107 Å². The topological polar surface area (TPSA) is 73.8 Å². The first-order valence-electron chi connectivity index (χ1n) is 16.2. The second-order valence-electron chi connectivity index (χ2n) is 11.5. The maximum absolute atomic E-state index is 12.8. The van der Waals surface area contributed by atoms with Crippen molar-refractivity contribution in [1.82, 2.24) is 10.7 Å². The van der Waals surface area contributed by atoms with Gasteiger partial charge in [0.15, 0.2) is 0 Å². The van der Waals surface area contributed by atoms with E-state index in [1.54, 1.807) is 18.2 Å². The average molecular weight is 685 g/mol. The zero-order chi connectivity index (χ0) is 31.7. The Kier molecular flexibility index (Phi) is 16.7. The summed E-state index contributed by atoms with van der Waals surface area (Å²) in [6, 6.07) is 7.93. The van der Waals surface area contributed by atoms with E-state index in [0.717, 1.165) is 12.8 Å². The monoisotopic (exact) mass is 682 g/mol. The maximum Gasteiger partial charge on any atom is 0.253 e. The maximum atomic E-state index is 12.8. The number of amidine groups is 1. The summed E-state index contributed by atoms with van der Waals surface area (Å²) in [6.45, 7) is 2.89. The van der Waals surface area contributed by atoms with Crippen LogP contribution in [-0.2, 0) is 4.79 Å². The van der Waals surface area contributed by atoms with Gasteiger partial charge >= 0.3 is 0 Å². The molecule has 1 saturated heterocycles. The molecule has 2 amide bonds. The van der Waals surface area contributed by atoms with Gasteiger partial charge in [0, 0.05) is 17.1 Å². The second kappa shape index (κ2) is 20.2. The summed E-state index contributed by atoms with van der Waals surface area (Å²) in [4.78, 5) is 30.0. The molecule has 0 atom stereocenters. The minimum absolute atomic E-state index is 0.0126. The highest BCUT2D eigenvalue weighted by atomic mass is 35.5. The van der Waals surface area contributed by atoms with Crippen molar-refractivity contribution in [1.29, 1.82) is 0 Å². The molecule has 0 spiro atoms. The normalized spacial score (nSPS) is 14.0. The summed E-state index contributed by atoms with van der Waals surface area (Å²) in [7, 11) is 0. The Morgan fingerprint density at radius 3 is 1.84 bits per heavy atom. The van der Waals surface area contributed by atoms with Crippen molar-refractivity contribution in [3.05, 3.63) is 56.0 Å². The molecule has 2 aromatic rings. The lowest BCUT2D eigenvalue weighted by molar-refractivity contribution is -0.116. The molecule has 0 aromatic heterocycles. The van der Waals surface area contributed by atoms with E-state index in [4.69, 9.17) is 46.4 Å². The van der Waals surface area contributed by atoms with Crippen molar-refractivity contribution >= 4 is 75.4 Å². The predicted molar refractivity (Wildman–Crippen MR) is 187 cm³/mol. The first-order valence-corrected chi connectivity index (χ1v) is 17.7. The number of benzene rings is 2. The lowest BCUT2D eigenvalue weighted by Gasteiger charge is -2.19. The van der Waals surface area contributed by atoms with Crippen molar-refractivity contribution in [3.8, 4) is 0 Å². The molecule has 44 heavy (non-hydrogen) atoms. The molecular formula is C34H46Cl4N4O2. The molecule has 1 fully saturated rings. The largest absolute Gasteiger partial charge is 0.352 e. The van der Waals surface area contributed by atoms with E-state index in [-0.39, 0.29) is 28.3 Å². The zero-order valence-corrected chi connectivity index (χ0v) is 28.9. The highest BCUT2D eigenvalue weighted by Crippen LogP contribution is 2.37. The number of nitrogens with one attached hydrogen (secondary N) is 2. The fourth-order valence-corrected chi connectivity index (χ4v) is 6.45. The molecule has 242 valence electrons. The molecule has 6 nitrogen and oxygen atoms in total. The minimum atomic E-state index is -0.293. The quantitative estimate of drug-likeness (QED) is 0.136. The Morgan fingerprint density at radius 2 is 1.30 bits per heavy atom. The van der Waals surface area contributed by atoms with E-state index in [1.807, 2.05) is 0 Å². The highest BCUT2D eigenvalue weighted by Gasteiger charge is 2.30. The van der Waals surface area contributed by atoms with Crippen LogP contribution in [0.4, 0.5) is 11.4 Å². The number of anilines is 1. The number of carbonyl (C=O) groups is 2. The van der Waals surface area contributed by atoms with Gasteiger partial charge in [-0.2, -0.15) is 0 Å². The van der Waals surface area contributed by atoms with E-state index in [9.17, 15) is 9.59 Å². The molecule has 10 heteroatoms. The van der Waals surface area contributed by atoms with E-state index in [0.29, 0.717) is 39.4 Å². The van der Waals surface area contributed by atoms with Gasteiger partial charge in [-0.1, -0.05) is 150 Å². The van der Waals surface area contributed by atoms with Crippen molar-refractivity contribution in [2.75, 3.05) is 11.6 Å². The van der Waals surface area contributed by atoms with Crippen LogP contribution in [0.1, 0.15) is 126 Å². The molecule has 3 rings (SSSR count). The lowest BCUT2D eigenvalue weighted by atomic mass is 10.0. The number of hydrogen-bond acceptors (Lipinski definition) is 3. The summed E-state index contributed by atoms with van der Waals surface area (Å²) in [5, 5.41) is 5.41. The van der Waals surface area contributed by atoms with Gasteiger partial charge in [0.1, 0.15) is 11.5 Å². The first kappa shape index (κ1) is 36.5. The van der Waals surface area contributed by atoms with Gasteiger partial charge < -0.3 is 5.32 Å². The number of rotatable bonds is 20. The van der Waals surface area contributed by atoms with Crippen LogP contribution in [0.25, 0.3) is 0 Å². The van der Waals surface area contributed by atoms with Crippen molar-refractivity contribution in [2.24, 2.45) is 4.99 Å². The highest BCUT2D eigenvalue weighted by molar-refractivity contribution is 6.42. The number of nitrogens with zero attached hydrogens (tertiary/aromatic N) is 2. The summed E-state index contributed by atoms with van der Waals surface area (Å²) < 4.78 is 0. The van der Waals surface area contributed by atoms with Crippen LogP contribution in [0.5, 0.6) is 0 Å². The van der Waals surface area contributed by atoms with Gasteiger partial charge in [-0.3, -0.25) is 15.0 Å². The zero-order valence-electron chi connectivity index (χ0n) is 25.8. The number of hydrazine groups is 1. The van der Waals surface area contributed by atoms with E-state index in [2.05, 4.69) is 22.7 Å². The standard InChI is InChI=1S/C34H46Cl4N4O2/c1-2-3-4-5-6-7-8-9-10-11-12-13-14-15-16-17-20-39-34(44)25-18-19-27(36)30(21-25)40-31-24-32(43)42(41-31)33-28(37)22-26(35)23-29(33)38/h18-19,21-23H,2-17,20,24H2,1H3,(H,39,44)(H,40,41). The number of hydrogen-bond donors (Lipinski definition) is 2. The molecule has 0 unspecified atom stereocenters. The van der Waals surface area contributed by atoms with Gasteiger partial charge in [-0.25, -0.2) is 10.0 Å². The molecule has 0 saturated carbocycles. The molecule has 0 bridgehead atoms. The van der Waals surface area contributed by atoms with E-state index >= 15 is 0 Å². The second-order valence-corrected chi connectivity index (χ2v) is 13.2. The fourth-order valence-electron chi connectivity index (χ4n) is 5.31. The number of unbranched alkanes of at least 4 members (excludes halogenated alkanes) is 15. The molecule has 0 aliphatic carbocycles. The van der Waals surface area contributed by atoms with E-state index < -0.39 is 0 Å². The Morgan fingerprint density at radius 1 is 0.773 bits per heavy atom. The predicted octanol–water partition coefficient (Wildman–Crippen LogP) is 11.3. The van der Waals surface area contributed by atoms with Crippen LogP contribution < -0.4 is 15.8 Å². The van der Waals surface area contributed by atoms with Crippen LogP contribution in [-0.4, -0.2) is 24.2 Å². The fraction of sp³-hybridized carbons (Fsp3) is 0.559. The van der Waals surface area contributed by atoms with Crippen molar-refractivity contribution in [2.45, 2.75) is 116 Å². The lowest BCUT2D eigenvalue weighted by Crippen LogP contribution is -2.36. The van der Waals surface area contributed by atoms with Gasteiger partial charge in [0.05, 0.1) is 27.2 Å². The Balaban J connectivity index is 1.32. The van der Waals surface area contributed by atoms with Gasteiger partial charge in [-0.15, -0.1) is 0 Å². The molecular weight excluding hydrogens is 638 g/mol. The third kappa shape index (κ3) is 12.4.